The van der Waals surface area contributed by atoms with E-state index in [0.717, 1.165) is 26.2 Å². The molecule has 0 aliphatic carbocycles. The molecule has 0 atom stereocenters. The second kappa shape index (κ2) is 4.65. The number of hydrogen-bond acceptors (Lipinski definition) is 4. The molecular formula is C10H16IN3S. The van der Waals surface area contributed by atoms with Crippen LogP contribution in [0.1, 0.15) is 18.9 Å². The first-order chi connectivity index (χ1) is 7.10. The standard InChI is InChI=1S/C10H16IN3S/c1-10(2,9-13-7-8(11)15-9)14-5-3-12-4-6-14/h7,12H,3-6H2,1-2H3. The van der Waals surface area contributed by atoms with Crippen LogP contribution in [0.5, 0.6) is 0 Å². The minimum atomic E-state index is 0.0796. The fourth-order valence-electron chi connectivity index (χ4n) is 1.90. The number of halogens is 1. The molecule has 0 bridgehead atoms. The van der Waals surface area contributed by atoms with Crippen LogP contribution in [0.4, 0.5) is 0 Å². The van der Waals surface area contributed by atoms with Gasteiger partial charge in [-0.2, -0.15) is 0 Å². The Morgan fingerprint density at radius 2 is 2.13 bits per heavy atom. The third-order valence-electron chi connectivity index (χ3n) is 2.91. The van der Waals surface area contributed by atoms with Crippen molar-refractivity contribution in [1.82, 2.24) is 15.2 Å². The third-order valence-corrected chi connectivity index (χ3v) is 4.95. The second-order valence-electron chi connectivity index (χ2n) is 4.27. The van der Waals surface area contributed by atoms with E-state index in [4.69, 9.17) is 0 Å². The monoisotopic (exact) mass is 337 g/mol. The summed E-state index contributed by atoms with van der Waals surface area (Å²) in [5.41, 5.74) is 0.0796. The summed E-state index contributed by atoms with van der Waals surface area (Å²) in [4.78, 5) is 7.02. The van der Waals surface area contributed by atoms with Crippen LogP contribution in [-0.2, 0) is 5.54 Å². The minimum absolute atomic E-state index is 0.0796. The molecule has 0 aromatic carbocycles. The lowest BCUT2D eigenvalue weighted by Gasteiger charge is -2.39. The van der Waals surface area contributed by atoms with Gasteiger partial charge in [0.1, 0.15) is 5.01 Å². The lowest BCUT2D eigenvalue weighted by atomic mass is 10.0. The predicted molar refractivity (Wildman–Crippen MR) is 72.3 cm³/mol. The van der Waals surface area contributed by atoms with Crippen molar-refractivity contribution in [2.45, 2.75) is 19.4 Å². The van der Waals surface area contributed by atoms with Gasteiger partial charge in [-0.3, -0.25) is 4.90 Å². The van der Waals surface area contributed by atoms with Gasteiger partial charge in [0.25, 0.3) is 0 Å². The Morgan fingerprint density at radius 3 is 2.67 bits per heavy atom. The topological polar surface area (TPSA) is 28.2 Å². The highest BCUT2D eigenvalue weighted by atomic mass is 127. The normalized spacial score (nSPS) is 19.4. The molecule has 0 amide bonds. The van der Waals surface area contributed by atoms with E-state index in [1.165, 1.54) is 7.89 Å². The van der Waals surface area contributed by atoms with Crippen molar-refractivity contribution >= 4 is 33.9 Å². The first-order valence-corrected chi connectivity index (χ1v) is 7.08. The molecule has 1 N–H and O–H groups in total. The first kappa shape index (κ1) is 11.8. The summed E-state index contributed by atoms with van der Waals surface area (Å²) in [6, 6.07) is 0. The van der Waals surface area contributed by atoms with Gasteiger partial charge in [-0.05, 0) is 36.4 Å². The predicted octanol–water partition coefficient (Wildman–Crippen LogP) is 1.89. The lowest BCUT2D eigenvalue weighted by Crippen LogP contribution is -2.51. The summed E-state index contributed by atoms with van der Waals surface area (Å²) in [5.74, 6) is 0. The summed E-state index contributed by atoms with van der Waals surface area (Å²) in [6.45, 7) is 8.95. The molecule has 2 heterocycles. The van der Waals surface area contributed by atoms with Crippen molar-refractivity contribution in [3.05, 3.63) is 14.1 Å². The lowest BCUT2D eigenvalue weighted by molar-refractivity contribution is 0.102. The smallest absolute Gasteiger partial charge is 0.113 e. The molecule has 1 fully saturated rings. The van der Waals surface area contributed by atoms with Crippen molar-refractivity contribution in [1.29, 1.82) is 0 Å². The molecule has 0 saturated carbocycles. The van der Waals surface area contributed by atoms with E-state index in [2.05, 4.69) is 51.6 Å². The van der Waals surface area contributed by atoms with Gasteiger partial charge in [0, 0.05) is 26.2 Å². The largest absolute Gasteiger partial charge is 0.314 e. The molecule has 0 spiro atoms. The molecule has 15 heavy (non-hydrogen) atoms. The van der Waals surface area contributed by atoms with Gasteiger partial charge in [0.15, 0.2) is 0 Å². The molecule has 1 aromatic rings. The summed E-state index contributed by atoms with van der Waals surface area (Å²) < 4.78 is 1.27. The number of hydrogen-bond donors (Lipinski definition) is 1. The Kier molecular flexibility index (Phi) is 3.64. The van der Waals surface area contributed by atoms with E-state index in [1.807, 2.05) is 6.20 Å². The Morgan fingerprint density at radius 1 is 1.47 bits per heavy atom. The third kappa shape index (κ3) is 2.51. The van der Waals surface area contributed by atoms with E-state index in [-0.39, 0.29) is 5.54 Å². The van der Waals surface area contributed by atoms with Crippen LogP contribution in [-0.4, -0.2) is 36.1 Å². The van der Waals surface area contributed by atoms with E-state index < -0.39 is 0 Å². The maximum Gasteiger partial charge on any atom is 0.113 e. The van der Waals surface area contributed by atoms with Gasteiger partial charge in [-0.15, -0.1) is 11.3 Å². The number of piperazine rings is 1. The van der Waals surface area contributed by atoms with Gasteiger partial charge < -0.3 is 5.32 Å². The molecule has 3 nitrogen and oxygen atoms in total. The fourth-order valence-corrected chi connectivity index (χ4v) is 3.44. The van der Waals surface area contributed by atoms with Gasteiger partial charge >= 0.3 is 0 Å². The van der Waals surface area contributed by atoms with Crippen molar-refractivity contribution in [3.8, 4) is 0 Å². The zero-order chi connectivity index (χ0) is 10.9. The van der Waals surface area contributed by atoms with E-state index in [0.29, 0.717) is 0 Å². The van der Waals surface area contributed by atoms with Crippen LogP contribution in [0.15, 0.2) is 6.20 Å². The maximum atomic E-state index is 4.51. The highest BCUT2D eigenvalue weighted by Crippen LogP contribution is 2.31. The SMILES string of the molecule is CC(C)(c1ncc(I)s1)N1CCNCC1. The molecule has 2 rings (SSSR count). The molecule has 1 aromatic heterocycles. The summed E-state index contributed by atoms with van der Waals surface area (Å²) >= 11 is 4.14. The van der Waals surface area contributed by atoms with Crippen LogP contribution in [0.2, 0.25) is 0 Å². The molecule has 0 radical (unpaired) electrons. The van der Waals surface area contributed by atoms with Crippen molar-refractivity contribution in [2.75, 3.05) is 26.2 Å². The number of aromatic nitrogens is 1. The van der Waals surface area contributed by atoms with Crippen molar-refractivity contribution in [2.24, 2.45) is 0 Å². The van der Waals surface area contributed by atoms with E-state index >= 15 is 0 Å². The maximum absolute atomic E-state index is 4.51. The van der Waals surface area contributed by atoms with E-state index in [1.54, 1.807) is 11.3 Å². The quantitative estimate of drug-likeness (QED) is 0.836. The van der Waals surface area contributed by atoms with Gasteiger partial charge in [0.05, 0.1) is 14.6 Å². The van der Waals surface area contributed by atoms with Gasteiger partial charge in [0.2, 0.25) is 0 Å². The summed E-state index contributed by atoms with van der Waals surface area (Å²) in [7, 11) is 0. The second-order valence-corrected chi connectivity index (χ2v) is 7.19. The zero-order valence-corrected chi connectivity index (χ0v) is 12.1. The van der Waals surface area contributed by atoms with Crippen LogP contribution in [0, 0.1) is 2.88 Å². The van der Waals surface area contributed by atoms with Crippen molar-refractivity contribution in [3.63, 3.8) is 0 Å². The van der Waals surface area contributed by atoms with Crippen LogP contribution in [0.25, 0.3) is 0 Å². The number of nitrogens with zero attached hydrogens (tertiary/aromatic N) is 2. The Hall–Kier alpha value is 0.280. The highest BCUT2D eigenvalue weighted by molar-refractivity contribution is 14.1. The summed E-state index contributed by atoms with van der Waals surface area (Å²) in [5, 5.41) is 4.61. The van der Waals surface area contributed by atoms with Crippen molar-refractivity contribution < 1.29 is 0 Å². The van der Waals surface area contributed by atoms with Crippen LogP contribution < -0.4 is 5.32 Å². The molecule has 0 unspecified atom stereocenters. The van der Waals surface area contributed by atoms with Crippen LogP contribution >= 0.6 is 33.9 Å². The molecule has 1 aliphatic rings. The molecule has 84 valence electrons. The highest BCUT2D eigenvalue weighted by Gasteiger charge is 2.32. The van der Waals surface area contributed by atoms with Gasteiger partial charge in [-0.1, -0.05) is 0 Å². The Labute approximate surface area is 108 Å². The van der Waals surface area contributed by atoms with Gasteiger partial charge in [-0.25, -0.2) is 4.98 Å². The molecule has 5 heteroatoms. The fraction of sp³-hybridized carbons (Fsp3) is 0.700. The Bertz CT molecular complexity index is 331. The zero-order valence-electron chi connectivity index (χ0n) is 9.09. The molecule has 1 aliphatic heterocycles. The number of nitrogens with one attached hydrogen (secondary N) is 1. The summed E-state index contributed by atoms with van der Waals surface area (Å²) in [6.07, 6.45) is 1.96. The molecular weight excluding hydrogens is 321 g/mol. The Balaban J connectivity index is 2.17. The first-order valence-electron chi connectivity index (χ1n) is 5.18. The number of rotatable bonds is 2. The molecule has 1 saturated heterocycles. The minimum Gasteiger partial charge on any atom is -0.314 e. The van der Waals surface area contributed by atoms with E-state index in [9.17, 15) is 0 Å². The average molecular weight is 337 g/mol. The number of thiazole rings is 1. The van der Waals surface area contributed by atoms with Crippen LogP contribution in [0.3, 0.4) is 0 Å². The average Bonchev–Trinajstić information content (AvgIpc) is 2.67.